The maximum Gasteiger partial charge on any atom is 0.335 e. The summed E-state index contributed by atoms with van der Waals surface area (Å²) < 4.78 is 14.6. The minimum Gasteiger partial charge on any atom is -0.493 e. The van der Waals surface area contributed by atoms with Crippen LogP contribution in [-0.4, -0.2) is 20.9 Å². The van der Waals surface area contributed by atoms with Gasteiger partial charge in [-0.2, -0.15) is 0 Å². The molecule has 1 heterocycles. The van der Waals surface area contributed by atoms with Gasteiger partial charge in [0.25, 0.3) is 5.56 Å². The average Bonchev–Trinajstić information content (AvgIpc) is 2.57. The number of hydrogen-bond acceptors (Lipinski definition) is 4. The highest BCUT2D eigenvalue weighted by Crippen LogP contribution is 2.24. The molecule has 0 saturated heterocycles. The van der Waals surface area contributed by atoms with Crippen LogP contribution in [0.4, 0.5) is 10.1 Å². The molecule has 8 heteroatoms. The van der Waals surface area contributed by atoms with Gasteiger partial charge in [0.2, 0.25) is 5.88 Å². The number of nitrogens with one attached hydrogen (secondary N) is 1. The lowest BCUT2D eigenvalue weighted by molar-refractivity contribution is 0.427. The van der Waals surface area contributed by atoms with E-state index in [-0.39, 0.29) is 11.3 Å². The smallest absolute Gasteiger partial charge is 0.335 e. The minimum atomic E-state index is -0.970. The Hall–Kier alpha value is -3.19. The first kappa shape index (κ1) is 16.7. The molecular formula is C17H11ClFN3O3. The number of H-pyrrole nitrogens is 1. The van der Waals surface area contributed by atoms with E-state index in [2.05, 4.69) is 4.99 Å². The summed E-state index contributed by atoms with van der Waals surface area (Å²) in [5, 5.41) is 10.7. The lowest BCUT2D eigenvalue weighted by atomic mass is 10.2. The highest BCUT2D eigenvalue weighted by atomic mass is 35.5. The molecule has 3 rings (SSSR count). The number of halogens is 2. The number of hydrogen-bond donors (Lipinski definition) is 2. The Morgan fingerprint density at radius 1 is 1.12 bits per heavy atom. The largest absolute Gasteiger partial charge is 0.493 e. The van der Waals surface area contributed by atoms with Crippen molar-refractivity contribution >= 4 is 23.5 Å². The Morgan fingerprint density at radius 3 is 2.52 bits per heavy atom. The number of nitrogens with zero attached hydrogens (tertiary/aromatic N) is 2. The van der Waals surface area contributed by atoms with Gasteiger partial charge in [-0.05, 0) is 24.3 Å². The van der Waals surface area contributed by atoms with Crippen molar-refractivity contribution in [2.24, 2.45) is 4.99 Å². The van der Waals surface area contributed by atoms with E-state index in [1.54, 1.807) is 24.3 Å². The SMILES string of the molecule is O=c1[nH]c(=O)n(-c2ccccc2F)c(O)c1C=Nc1ccccc1Cl. The summed E-state index contributed by atoms with van der Waals surface area (Å²) in [6.45, 7) is 0. The van der Waals surface area contributed by atoms with Crippen molar-refractivity contribution in [2.45, 2.75) is 0 Å². The lowest BCUT2D eigenvalue weighted by Gasteiger charge is -2.10. The second-order valence-electron chi connectivity index (χ2n) is 4.99. The first-order chi connectivity index (χ1) is 12.0. The van der Waals surface area contributed by atoms with Crippen molar-refractivity contribution < 1.29 is 9.50 Å². The number of benzene rings is 2. The van der Waals surface area contributed by atoms with Crippen molar-refractivity contribution in [3.8, 4) is 11.6 Å². The normalized spacial score (nSPS) is 11.1. The van der Waals surface area contributed by atoms with Gasteiger partial charge in [0.1, 0.15) is 11.4 Å². The Bertz CT molecular complexity index is 1090. The van der Waals surface area contributed by atoms with E-state index >= 15 is 0 Å². The highest BCUT2D eigenvalue weighted by Gasteiger charge is 2.16. The van der Waals surface area contributed by atoms with Crippen molar-refractivity contribution in [3.63, 3.8) is 0 Å². The Labute approximate surface area is 145 Å². The molecular weight excluding hydrogens is 349 g/mol. The molecule has 0 spiro atoms. The second kappa shape index (κ2) is 6.74. The zero-order chi connectivity index (χ0) is 18.0. The highest BCUT2D eigenvalue weighted by molar-refractivity contribution is 6.33. The molecule has 0 fully saturated rings. The van der Waals surface area contributed by atoms with E-state index in [0.29, 0.717) is 15.3 Å². The molecule has 0 aliphatic rings. The van der Waals surface area contributed by atoms with Crippen LogP contribution in [0, 0.1) is 5.82 Å². The van der Waals surface area contributed by atoms with Gasteiger partial charge in [0.15, 0.2) is 0 Å². The van der Waals surface area contributed by atoms with Crippen LogP contribution >= 0.6 is 11.6 Å². The summed E-state index contributed by atoms with van der Waals surface area (Å²) in [5.41, 5.74) is -1.96. The lowest BCUT2D eigenvalue weighted by Crippen LogP contribution is -2.31. The summed E-state index contributed by atoms with van der Waals surface area (Å²) in [6.07, 6.45) is 1.06. The number of aliphatic imine (C=N–C) groups is 1. The third-order valence-corrected chi connectivity index (χ3v) is 3.72. The zero-order valence-electron chi connectivity index (χ0n) is 12.6. The van der Waals surface area contributed by atoms with Crippen molar-refractivity contribution in [2.75, 3.05) is 0 Å². The van der Waals surface area contributed by atoms with Gasteiger partial charge >= 0.3 is 5.69 Å². The fourth-order valence-corrected chi connectivity index (χ4v) is 2.39. The van der Waals surface area contributed by atoms with Crippen LogP contribution < -0.4 is 11.2 Å². The molecule has 0 bridgehead atoms. The standard InChI is InChI=1S/C17H11ClFN3O3/c18-11-5-1-3-7-13(11)20-9-10-15(23)21-17(25)22(16(10)24)14-8-4-2-6-12(14)19/h1-9,24H,(H,21,23,25). The van der Waals surface area contributed by atoms with E-state index in [0.717, 1.165) is 12.3 Å². The fourth-order valence-electron chi connectivity index (χ4n) is 2.20. The quantitative estimate of drug-likeness (QED) is 0.705. The molecule has 0 unspecified atom stereocenters. The third-order valence-electron chi connectivity index (χ3n) is 3.40. The number of para-hydroxylation sites is 2. The molecule has 0 amide bonds. The van der Waals surface area contributed by atoms with Gasteiger partial charge in [-0.15, -0.1) is 0 Å². The molecule has 2 N–H and O–H groups in total. The predicted molar refractivity (Wildman–Crippen MR) is 93.0 cm³/mol. The molecule has 1 aromatic heterocycles. The van der Waals surface area contributed by atoms with Gasteiger partial charge in [0.05, 0.1) is 16.4 Å². The minimum absolute atomic E-state index is 0.200. The van der Waals surface area contributed by atoms with E-state index < -0.39 is 22.9 Å². The van der Waals surface area contributed by atoms with Crippen LogP contribution in [0.15, 0.2) is 63.1 Å². The molecule has 6 nitrogen and oxygen atoms in total. The maximum absolute atomic E-state index is 14.0. The van der Waals surface area contributed by atoms with Gasteiger partial charge in [-0.1, -0.05) is 35.9 Å². The molecule has 25 heavy (non-hydrogen) atoms. The number of aromatic nitrogens is 2. The predicted octanol–water partition coefficient (Wildman–Crippen LogP) is 2.77. The molecule has 126 valence electrons. The summed E-state index contributed by atoms with van der Waals surface area (Å²) >= 11 is 5.98. The van der Waals surface area contributed by atoms with Gasteiger partial charge in [-0.3, -0.25) is 14.8 Å². The van der Waals surface area contributed by atoms with Crippen molar-refractivity contribution in [3.05, 3.63) is 85.8 Å². The monoisotopic (exact) mass is 359 g/mol. The van der Waals surface area contributed by atoms with E-state index in [4.69, 9.17) is 11.6 Å². The van der Waals surface area contributed by atoms with Crippen molar-refractivity contribution in [1.82, 2.24) is 9.55 Å². The van der Waals surface area contributed by atoms with Crippen LogP contribution in [-0.2, 0) is 0 Å². The third kappa shape index (κ3) is 3.22. The average molecular weight is 360 g/mol. The molecule has 0 atom stereocenters. The fraction of sp³-hybridized carbons (Fsp3) is 0. The molecule has 2 aromatic carbocycles. The molecule has 0 saturated carbocycles. The van der Waals surface area contributed by atoms with Gasteiger partial charge in [-0.25, -0.2) is 13.8 Å². The van der Waals surface area contributed by atoms with E-state index in [1.807, 2.05) is 4.98 Å². The summed E-state index contributed by atoms with van der Waals surface area (Å²) in [4.78, 5) is 30.1. The Kier molecular flexibility index (Phi) is 4.49. The Balaban J connectivity index is 2.18. The molecule has 0 radical (unpaired) electrons. The summed E-state index contributed by atoms with van der Waals surface area (Å²) in [7, 11) is 0. The van der Waals surface area contributed by atoms with Crippen molar-refractivity contribution in [1.29, 1.82) is 0 Å². The van der Waals surface area contributed by atoms with E-state index in [1.165, 1.54) is 18.2 Å². The first-order valence-corrected chi connectivity index (χ1v) is 7.48. The van der Waals surface area contributed by atoms with Crippen LogP contribution in [0.1, 0.15) is 5.56 Å². The van der Waals surface area contributed by atoms with Gasteiger partial charge in [0, 0.05) is 6.21 Å². The first-order valence-electron chi connectivity index (χ1n) is 7.11. The topological polar surface area (TPSA) is 87.5 Å². The maximum atomic E-state index is 14.0. The molecule has 0 aliphatic carbocycles. The second-order valence-corrected chi connectivity index (χ2v) is 5.40. The zero-order valence-corrected chi connectivity index (χ0v) is 13.4. The summed E-state index contributed by atoms with van der Waals surface area (Å²) in [5.74, 6) is -1.46. The Morgan fingerprint density at radius 2 is 1.80 bits per heavy atom. The van der Waals surface area contributed by atoms with Crippen LogP contribution in [0.3, 0.4) is 0 Å². The van der Waals surface area contributed by atoms with Crippen LogP contribution in [0.2, 0.25) is 5.02 Å². The van der Waals surface area contributed by atoms with E-state index in [9.17, 15) is 19.1 Å². The number of aromatic amines is 1. The number of aromatic hydroxyl groups is 1. The van der Waals surface area contributed by atoms with Gasteiger partial charge < -0.3 is 5.11 Å². The molecule has 0 aliphatic heterocycles. The summed E-state index contributed by atoms with van der Waals surface area (Å²) in [6, 6.07) is 12.0. The number of rotatable bonds is 3. The molecule has 3 aromatic rings. The van der Waals surface area contributed by atoms with Crippen LogP contribution in [0.25, 0.3) is 5.69 Å². The van der Waals surface area contributed by atoms with Crippen LogP contribution in [0.5, 0.6) is 5.88 Å².